The number of carbonyl (C=O) groups excluding carboxylic acids is 2. The summed E-state index contributed by atoms with van der Waals surface area (Å²) in [4.78, 5) is 24.0. The molecule has 1 aromatic rings. The predicted octanol–water partition coefficient (Wildman–Crippen LogP) is 2.33. The molecule has 6 heteroatoms. The first-order valence-electron chi connectivity index (χ1n) is 8.69. The molecule has 2 N–H and O–H groups in total. The fourth-order valence-electron chi connectivity index (χ4n) is 3.23. The number of rotatable bonds is 4. The van der Waals surface area contributed by atoms with Gasteiger partial charge in [-0.1, -0.05) is 44.2 Å². The minimum atomic E-state index is -0.765. The number of fused-ring (bicyclic) bond motifs is 1. The van der Waals surface area contributed by atoms with Crippen LogP contribution in [0.25, 0.3) is 0 Å². The molecular weight excluding hydrogens is 308 g/mol. The molecule has 0 aromatic heterocycles. The molecule has 1 fully saturated rings. The third-order valence-electron chi connectivity index (χ3n) is 4.63. The summed E-state index contributed by atoms with van der Waals surface area (Å²) in [5.74, 6) is 1.24. The summed E-state index contributed by atoms with van der Waals surface area (Å²) in [6.45, 7) is 0.126. The lowest BCUT2D eigenvalue weighted by Gasteiger charge is -2.25. The van der Waals surface area contributed by atoms with Crippen LogP contribution in [0, 0.1) is 5.92 Å². The summed E-state index contributed by atoms with van der Waals surface area (Å²) < 4.78 is 11.1. The first-order valence-corrected chi connectivity index (χ1v) is 8.69. The van der Waals surface area contributed by atoms with E-state index in [1.807, 2.05) is 12.1 Å². The first-order chi connectivity index (χ1) is 11.7. The van der Waals surface area contributed by atoms with Crippen molar-refractivity contribution in [2.24, 2.45) is 5.92 Å². The lowest BCUT2D eigenvalue weighted by molar-refractivity contribution is -0.135. The van der Waals surface area contributed by atoms with Gasteiger partial charge in [0.05, 0.1) is 0 Å². The molecule has 1 heterocycles. The maximum atomic E-state index is 12.1. The maximum absolute atomic E-state index is 12.1. The number of benzene rings is 1. The SMILES string of the molecule is O=C(CCC1CCCCC1)NNC(=O)[C@H]1COc2ccccc2O1. The molecule has 3 rings (SSSR count). The molecule has 2 amide bonds. The van der Waals surface area contributed by atoms with Crippen LogP contribution >= 0.6 is 0 Å². The molecule has 0 saturated heterocycles. The van der Waals surface area contributed by atoms with Crippen molar-refractivity contribution in [2.45, 2.75) is 51.0 Å². The first kappa shape index (κ1) is 16.6. The van der Waals surface area contributed by atoms with E-state index in [4.69, 9.17) is 9.47 Å². The highest BCUT2D eigenvalue weighted by molar-refractivity contribution is 5.85. The third-order valence-corrected chi connectivity index (χ3v) is 4.63. The van der Waals surface area contributed by atoms with Crippen LogP contribution in [0.15, 0.2) is 24.3 Å². The molecule has 1 aliphatic carbocycles. The van der Waals surface area contributed by atoms with Crippen molar-refractivity contribution in [2.75, 3.05) is 6.61 Å². The molecule has 1 atom stereocenters. The van der Waals surface area contributed by atoms with Gasteiger partial charge in [-0.05, 0) is 24.5 Å². The van der Waals surface area contributed by atoms with Gasteiger partial charge in [-0.15, -0.1) is 0 Å². The van der Waals surface area contributed by atoms with Crippen molar-refractivity contribution in [1.29, 1.82) is 0 Å². The van der Waals surface area contributed by atoms with Crippen LogP contribution in [0.4, 0.5) is 0 Å². The Morgan fingerprint density at radius 2 is 1.79 bits per heavy atom. The molecule has 1 saturated carbocycles. The van der Waals surface area contributed by atoms with Crippen LogP contribution in [0.3, 0.4) is 0 Å². The Bertz CT molecular complexity index is 584. The Morgan fingerprint density at radius 3 is 2.58 bits per heavy atom. The van der Waals surface area contributed by atoms with Crippen LogP contribution in [0.1, 0.15) is 44.9 Å². The zero-order valence-electron chi connectivity index (χ0n) is 13.8. The molecule has 0 unspecified atom stereocenters. The predicted molar refractivity (Wildman–Crippen MR) is 88.4 cm³/mol. The highest BCUT2D eigenvalue weighted by Crippen LogP contribution is 2.30. The quantitative estimate of drug-likeness (QED) is 0.830. The minimum Gasteiger partial charge on any atom is -0.485 e. The zero-order chi connectivity index (χ0) is 16.8. The van der Waals surface area contributed by atoms with Crippen molar-refractivity contribution in [1.82, 2.24) is 10.9 Å². The normalized spacial score (nSPS) is 20.2. The van der Waals surface area contributed by atoms with E-state index in [9.17, 15) is 9.59 Å². The number of carbonyl (C=O) groups is 2. The number of para-hydroxylation sites is 2. The standard InChI is InChI=1S/C18H24N2O4/c21-17(11-10-13-6-2-1-3-7-13)19-20-18(22)16-12-23-14-8-4-5-9-15(14)24-16/h4-5,8-9,13,16H,1-3,6-7,10-12H2,(H,19,21)(H,20,22)/t16-/m1/s1. The van der Waals surface area contributed by atoms with Gasteiger partial charge in [-0.25, -0.2) is 0 Å². The van der Waals surface area contributed by atoms with Crippen LogP contribution in [-0.2, 0) is 9.59 Å². The smallest absolute Gasteiger partial charge is 0.283 e. The Kier molecular flexibility index (Phi) is 5.56. The molecule has 1 aromatic carbocycles. The minimum absolute atomic E-state index is 0.126. The van der Waals surface area contributed by atoms with E-state index >= 15 is 0 Å². The van der Waals surface area contributed by atoms with Crippen LogP contribution in [-0.4, -0.2) is 24.5 Å². The van der Waals surface area contributed by atoms with E-state index in [1.54, 1.807) is 12.1 Å². The van der Waals surface area contributed by atoms with Gasteiger partial charge in [0.1, 0.15) is 6.61 Å². The molecule has 0 spiro atoms. The fraction of sp³-hybridized carbons (Fsp3) is 0.556. The van der Waals surface area contributed by atoms with E-state index in [0.29, 0.717) is 23.8 Å². The van der Waals surface area contributed by atoms with E-state index in [0.717, 1.165) is 6.42 Å². The molecular formula is C18H24N2O4. The number of hydrogen-bond acceptors (Lipinski definition) is 4. The Hall–Kier alpha value is -2.24. The molecule has 0 radical (unpaired) electrons. The van der Waals surface area contributed by atoms with Crippen molar-refractivity contribution in [3.05, 3.63) is 24.3 Å². The molecule has 1 aliphatic heterocycles. The van der Waals surface area contributed by atoms with Crippen LogP contribution in [0.5, 0.6) is 11.5 Å². The average molecular weight is 332 g/mol. The number of nitrogens with one attached hydrogen (secondary N) is 2. The third kappa shape index (κ3) is 4.40. The molecule has 24 heavy (non-hydrogen) atoms. The highest BCUT2D eigenvalue weighted by atomic mass is 16.6. The van der Waals surface area contributed by atoms with Gasteiger partial charge in [0.15, 0.2) is 11.5 Å². The number of hydrazine groups is 1. The van der Waals surface area contributed by atoms with E-state index in [1.165, 1.54) is 32.1 Å². The van der Waals surface area contributed by atoms with E-state index in [-0.39, 0.29) is 12.5 Å². The van der Waals surface area contributed by atoms with Gasteiger partial charge >= 0.3 is 0 Å². The number of ether oxygens (including phenoxy) is 2. The number of amides is 2. The molecule has 6 nitrogen and oxygen atoms in total. The lowest BCUT2D eigenvalue weighted by atomic mass is 9.86. The topological polar surface area (TPSA) is 76.7 Å². The van der Waals surface area contributed by atoms with E-state index < -0.39 is 12.0 Å². The van der Waals surface area contributed by atoms with Gasteiger partial charge in [-0.2, -0.15) is 0 Å². The largest absolute Gasteiger partial charge is 0.485 e. The highest BCUT2D eigenvalue weighted by Gasteiger charge is 2.27. The van der Waals surface area contributed by atoms with Gasteiger partial charge in [-0.3, -0.25) is 20.4 Å². The second-order valence-electron chi connectivity index (χ2n) is 6.44. The van der Waals surface area contributed by atoms with Crippen molar-refractivity contribution >= 4 is 11.8 Å². The lowest BCUT2D eigenvalue weighted by Crippen LogP contribution is -2.50. The summed E-state index contributed by atoms with van der Waals surface area (Å²) in [5, 5.41) is 0. The van der Waals surface area contributed by atoms with Gasteiger partial charge < -0.3 is 9.47 Å². The number of hydrogen-bond donors (Lipinski definition) is 2. The van der Waals surface area contributed by atoms with Gasteiger partial charge in [0, 0.05) is 6.42 Å². The van der Waals surface area contributed by atoms with Crippen LogP contribution < -0.4 is 20.3 Å². The summed E-state index contributed by atoms with van der Waals surface area (Å²) >= 11 is 0. The van der Waals surface area contributed by atoms with Crippen LogP contribution in [0.2, 0.25) is 0 Å². The second kappa shape index (κ2) is 8.04. The monoisotopic (exact) mass is 332 g/mol. The Balaban J connectivity index is 1.38. The summed E-state index contributed by atoms with van der Waals surface area (Å²) in [6, 6.07) is 7.19. The Morgan fingerprint density at radius 1 is 1.04 bits per heavy atom. The summed E-state index contributed by atoms with van der Waals surface area (Å²) in [5.41, 5.74) is 4.90. The zero-order valence-corrected chi connectivity index (χ0v) is 13.8. The Labute approximate surface area is 141 Å². The van der Waals surface area contributed by atoms with Crippen molar-refractivity contribution < 1.29 is 19.1 Å². The van der Waals surface area contributed by atoms with Crippen molar-refractivity contribution in [3.8, 4) is 11.5 Å². The van der Waals surface area contributed by atoms with E-state index in [2.05, 4.69) is 10.9 Å². The maximum Gasteiger partial charge on any atom is 0.283 e. The molecule has 0 bridgehead atoms. The van der Waals surface area contributed by atoms with Gasteiger partial charge in [0.2, 0.25) is 12.0 Å². The van der Waals surface area contributed by atoms with Crippen molar-refractivity contribution in [3.63, 3.8) is 0 Å². The van der Waals surface area contributed by atoms with Gasteiger partial charge in [0.25, 0.3) is 5.91 Å². The molecule has 2 aliphatic rings. The fourth-order valence-corrected chi connectivity index (χ4v) is 3.23. The summed E-state index contributed by atoms with van der Waals surface area (Å²) in [6.07, 6.45) is 6.84. The average Bonchev–Trinajstić information content (AvgIpc) is 2.65. The second-order valence-corrected chi connectivity index (χ2v) is 6.44. The summed E-state index contributed by atoms with van der Waals surface area (Å²) in [7, 11) is 0. The molecule has 130 valence electrons.